The zero-order chi connectivity index (χ0) is 24.0. The first kappa shape index (κ1) is 24.6. The SMILES string of the molecule is Cc1ccc(N(CC(=O)NCCOc2cccc(C)c2C)S(=O)(=O)c2ccccc2)cc1Cl. The van der Waals surface area contributed by atoms with Crippen LogP contribution in [0.5, 0.6) is 5.75 Å². The van der Waals surface area contributed by atoms with Crippen molar-refractivity contribution in [1.82, 2.24) is 5.32 Å². The van der Waals surface area contributed by atoms with Crippen LogP contribution in [-0.2, 0) is 14.8 Å². The lowest BCUT2D eigenvalue weighted by atomic mass is 10.1. The predicted octanol–water partition coefficient (Wildman–Crippen LogP) is 4.66. The van der Waals surface area contributed by atoms with Crippen LogP contribution < -0.4 is 14.4 Å². The maximum absolute atomic E-state index is 13.3. The Hall–Kier alpha value is -3.03. The zero-order valence-electron chi connectivity index (χ0n) is 18.8. The Balaban J connectivity index is 1.72. The highest BCUT2D eigenvalue weighted by molar-refractivity contribution is 7.92. The monoisotopic (exact) mass is 486 g/mol. The van der Waals surface area contributed by atoms with Crippen LogP contribution in [0.25, 0.3) is 0 Å². The number of nitrogens with zero attached hydrogens (tertiary/aromatic N) is 1. The fourth-order valence-electron chi connectivity index (χ4n) is 3.19. The molecule has 0 aliphatic carbocycles. The van der Waals surface area contributed by atoms with E-state index in [0.29, 0.717) is 10.7 Å². The van der Waals surface area contributed by atoms with Gasteiger partial charge < -0.3 is 10.1 Å². The van der Waals surface area contributed by atoms with Gasteiger partial charge in [-0.3, -0.25) is 9.10 Å². The molecule has 0 aromatic heterocycles. The van der Waals surface area contributed by atoms with Crippen molar-refractivity contribution in [3.05, 3.63) is 88.4 Å². The van der Waals surface area contributed by atoms with Gasteiger partial charge in [-0.05, 0) is 67.8 Å². The van der Waals surface area contributed by atoms with Crippen molar-refractivity contribution in [2.24, 2.45) is 0 Å². The van der Waals surface area contributed by atoms with E-state index in [0.717, 1.165) is 26.7 Å². The van der Waals surface area contributed by atoms with Crippen LogP contribution in [-0.4, -0.2) is 34.0 Å². The largest absolute Gasteiger partial charge is 0.491 e. The standard InChI is InChI=1S/C25H27ClN2O4S/c1-18-8-7-11-24(20(18)3)32-15-14-27-25(29)17-28(21-13-12-19(2)23(26)16-21)33(30,31)22-9-5-4-6-10-22/h4-13,16H,14-15,17H2,1-3H3,(H,27,29). The minimum atomic E-state index is -3.98. The van der Waals surface area contributed by atoms with Gasteiger partial charge in [0.05, 0.1) is 17.1 Å². The fourth-order valence-corrected chi connectivity index (χ4v) is 4.80. The lowest BCUT2D eigenvalue weighted by molar-refractivity contribution is -0.119. The van der Waals surface area contributed by atoms with Gasteiger partial charge >= 0.3 is 0 Å². The molecule has 8 heteroatoms. The smallest absolute Gasteiger partial charge is 0.264 e. The summed E-state index contributed by atoms with van der Waals surface area (Å²) < 4.78 is 33.5. The van der Waals surface area contributed by atoms with E-state index in [4.69, 9.17) is 16.3 Å². The molecule has 0 fully saturated rings. The van der Waals surface area contributed by atoms with Crippen LogP contribution in [0.1, 0.15) is 16.7 Å². The molecule has 0 spiro atoms. The summed E-state index contributed by atoms with van der Waals surface area (Å²) in [5.74, 6) is 0.308. The van der Waals surface area contributed by atoms with Crippen LogP contribution >= 0.6 is 11.6 Å². The van der Waals surface area contributed by atoms with Crippen molar-refractivity contribution in [3.8, 4) is 5.75 Å². The molecule has 3 rings (SSSR count). The van der Waals surface area contributed by atoms with E-state index < -0.39 is 15.9 Å². The first-order valence-electron chi connectivity index (χ1n) is 10.5. The van der Waals surface area contributed by atoms with Gasteiger partial charge in [-0.15, -0.1) is 0 Å². The van der Waals surface area contributed by atoms with Gasteiger partial charge in [0, 0.05) is 5.02 Å². The number of hydrogen-bond acceptors (Lipinski definition) is 4. The lowest BCUT2D eigenvalue weighted by Crippen LogP contribution is -2.42. The molecule has 174 valence electrons. The molecular formula is C25H27ClN2O4S. The molecule has 0 saturated heterocycles. The predicted molar refractivity (Wildman–Crippen MR) is 132 cm³/mol. The molecular weight excluding hydrogens is 460 g/mol. The van der Waals surface area contributed by atoms with E-state index in [-0.39, 0.29) is 24.6 Å². The number of nitrogens with one attached hydrogen (secondary N) is 1. The van der Waals surface area contributed by atoms with E-state index in [9.17, 15) is 13.2 Å². The number of benzene rings is 3. The Morgan fingerprint density at radius 1 is 0.970 bits per heavy atom. The topological polar surface area (TPSA) is 75.7 Å². The molecule has 0 unspecified atom stereocenters. The Labute approximate surface area is 200 Å². The number of hydrogen-bond donors (Lipinski definition) is 1. The van der Waals surface area contributed by atoms with Gasteiger partial charge in [0.15, 0.2) is 0 Å². The molecule has 3 aromatic carbocycles. The second-order valence-electron chi connectivity index (χ2n) is 7.65. The lowest BCUT2D eigenvalue weighted by Gasteiger charge is -2.24. The van der Waals surface area contributed by atoms with Gasteiger partial charge in [0.1, 0.15) is 18.9 Å². The van der Waals surface area contributed by atoms with Gasteiger partial charge in [0.2, 0.25) is 5.91 Å². The average molecular weight is 487 g/mol. The number of sulfonamides is 1. The van der Waals surface area contributed by atoms with Gasteiger partial charge in [-0.1, -0.05) is 48.0 Å². The highest BCUT2D eigenvalue weighted by Gasteiger charge is 2.27. The summed E-state index contributed by atoms with van der Waals surface area (Å²) in [6.07, 6.45) is 0. The zero-order valence-corrected chi connectivity index (χ0v) is 20.4. The first-order valence-corrected chi connectivity index (χ1v) is 12.3. The Kier molecular flexibility index (Phi) is 8.00. The Bertz CT molecular complexity index is 1230. The Morgan fingerprint density at radius 3 is 2.39 bits per heavy atom. The van der Waals surface area contributed by atoms with Crippen molar-refractivity contribution in [2.75, 3.05) is 24.0 Å². The van der Waals surface area contributed by atoms with E-state index >= 15 is 0 Å². The van der Waals surface area contributed by atoms with Crippen molar-refractivity contribution >= 4 is 33.2 Å². The summed E-state index contributed by atoms with van der Waals surface area (Å²) in [5, 5.41) is 3.15. The van der Waals surface area contributed by atoms with Crippen molar-refractivity contribution in [3.63, 3.8) is 0 Å². The summed E-state index contributed by atoms with van der Waals surface area (Å²) in [6.45, 7) is 5.91. The summed E-state index contributed by atoms with van der Waals surface area (Å²) in [6, 6.07) is 18.7. The molecule has 1 N–H and O–H groups in total. The average Bonchev–Trinajstić information content (AvgIpc) is 2.80. The molecule has 1 amide bonds. The molecule has 0 radical (unpaired) electrons. The molecule has 33 heavy (non-hydrogen) atoms. The number of anilines is 1. The molecule has 0 heterocycles. The van der Waals surface area contributed by atoms with E-state index in [1.165, 1.54) is 12.1 Å². The van der Waals surface area contributed by atoms with Gasteiger partial charge in [-0.2, -0.15) is 0 Å². The summed E-state index contributed by atoms with van der Waals surface area (Å²) >= 11 is 6.24. The van der Waals surface area contributed by atoms with Crippen LogP contribution in [0.3, 0.4) is 0 Å². The highest BCUT2D eigenvalue weighted by atomic mass is 35.5. The number of carbonyl (C=O) groups is 1. The molecule has 0 saturated carbocycles. The minimum absolute atomic E-state index is 0.0905. The highest BCUT2D eigenvalue weighted by Crippen LogP contribution is 2.28. The maximum atomic E-state index is 13.3. The fraction of sp³-hybridized carbons (Fsp3) is 0.240. The third-order valence-corrected chi connectivity index (χ3v) is 7.49. The molecule has 3 aromatic rings. The normalized spacial score (nSPS) is 11.2. The third-order valence-electron chi connectivity index (χ3n) is 5.30. The van der Waals surface area contributed by atoms with Crippen molar-refractivity contribution in [2.45, 2.75) is 25.7 Å². The number of rotatable bonds is 9. The van der Waals surface area contributed by atoms with Crippen LogP contribution in [0, 0.1) is 20.8 Å². The van der Waals surface area contributed by atoms with E-state index in [1.807, 2.05) is 39.0 Å². The number of amides is 1. The number of ether oxygens (including phenoxy) is 1. The molecule has 0 atom stereocenters. The third kappa shape index (κ3) is 6.06. The number of halogens is 1. The quantitative estimate of drug-likeness (QED) is 0.446. The van der Waals surface area contributed by atoms with Crippen molar-refractivity contribution < 1.29 is 17.9 Å². The van der Waals surface area contributed by atoms with Crippen LogP contribution in [0.4, 0.5) is 5.69 Å². The van der Waals surface area contributed by atoms with Crippen LogP contribution in [0.15, 0.2) is 71.6 Å². The molecule has 0 bridgehead atoms. The van der Waals surface area contributed by atoms with E-state index in [1.54, 1.807) is 36.4 Å². The summed E-state index contributed by atoms with van der Waals surface area (Å²) in [7, 11) is -3.98. The second-order valence-corrected chi connectivity index (χ2v) is 9.92. The number of aryl methyl sites for hydroxylation is 2. The molecule has 0 aliphatic heterocycles. The molecule has 0 aliphatic rings. The minimum Gasteiger partial charge on any atom is -0.491 e. The van der Waals surface area contributed by atoms with E-state index in [2.05, 4.69) is 5.32 Å². The summed E-state index contributed by atoms with van der Waals surface area (Å²) in [5.41, 5.74) is 3.29. The van der Waals surface area contributed by atoms with Gasteiger partial charge in [0.25, 0.3) is 10.0 Å². The molecule has 6 nitrogen and oxygen atoms in total. The van der Waals surface area contributed by atoms with Crippen LogP contribution in [0.2, 0.25) is 5.02 Å². The summed E-state index contributed by atoms with van der Waals surface area (Å²) in [4.78, 5) is 12.8. The van der Waals surface area contributed by atoms with Gasteiger partial charge in [-0.25, -0.2) is 8.42 Å². The maximum Gasteiger partial charge on any atom is 0.264 e. The number of carbonyl (C=O) groups excluding carboxylic acids is 1. The first-order chi connectivity index (χ1) is 15.7. The second kappa shape index (κ2) is 10.7. The van der Waals surface area contributed by atoms with Crippen molar-refractivity contribution in [1.29, 1.82) is 0 Å². The Morgan fingerprint density at radius 2 is 1.70 bits per heavy atom.